The molecule has 0 amide bonds. The van der Waals surface area contributed by atoms with Crippen LogP contribution in [0, 0.1) is 0 Å². The Hall–Kier alpha value is -2.62. The zero-order valence-corrected chi connectivity index (χ0v) is 10.8. The number of nitrogens with one attached hydrogen (secondary N) is 1. The molecule has 100 valence electrons. The van der Waals surface area contributed by atoms with E-state index < -0.39 is 5.97 Å². The van der Waals surface area contributed by atoms with Gasteiger partial charge in [0.15, 0.2) is 0 Å². The van der Waals surface area contributed by atoms with Crippen molar-refractivity contribution in [2.75, 3.05) is 18.4 Å². The van der Waals surface area contributed by atoms with Crippen molar-refractivity contribution in [2.24, 2.45) is 4.99 Å². The third kappa shape index (κ3) is 2.28. The summed E-state index contributed by atoms with van der Waals surface area (Å²) in [6.07, 6.45) is 0. The molecule has 20 heavy (non-hydrogen) atoms. The predicted molar refractivity (Wildman–Crippen MR) is 78.8 cm³/mol. The van der Waals surface area contributed by atoms with Gasteiger partial charge in [-0.2, -0.15) is 0 Å². The van der Waals surface area contributed by atoms with Crippen LogP contribution in [-0.4, -0.2) is 29.9 Å². The number of aliphatic imine (C=N–C) groups is 1. The van der Waals surface area contributed by atoms with E-state index in [1.807, 2.05) is 36.4 Å². The van der Waals surface area contributed by atoms with Gasteiger partial charge in [0.25, 0.3) is 0 Å². The van der Waals surface area contributed by atoms with Gasteiger partial charge in [0.1, 0.15) is 0 Å². The van der Waals surface area contributed by atoms with Gasteiger partial charge in [-0.05, 0) is 18.2 Å². The SMILES string of the molecule is O=C(O)c1ccc2c(c1)C(c1ccccc1)=NCCN2. The van der Waals surface area contributed by atoms with Crippen molar-refractivity contribution in [1.29, 1.82) is 0 Å². The van der Waals surface area contributed by atoms with Crippen LogP contribution in [-0.2, 0) is 0 Å². The second kappa shape index (κ2) is 5.17. The van der Waals surface area contributed by atoms with Crippen LogP contribution in [0.5, 0.6) is 0 Å². The van der Waals surface area contributed by atoms with E-state index in [1.165, 1.54) is 0 Å². The number of anilines is 1. The fourth-order valence-electron chi connectivity index (χ4n) is 2.31. The van der Waals surface area contributed by atoms with Gasteiger partial charge in [0.05, 0.1) is 17.8 Å². The van der Waals surface area contributed by atoms with Gasteiger partial charge in [-0.3, -0.25) is 4.99 Å². The fraction of sp³-hybridized carbons (Fsp3) is 0.125. The topological polar surface area (TPSA) is 61.7 Å². The normalized spacial score (nSPS) is 13.7. The maximum Gasteiger partial charge on any atom is 0.335 e. The number of hydrogen-bond donors (Lipinski definition) is 2. The van der Waals surface area contributed by atoms with E-state index in [4.69, 9.17) is 5.11 Å². The number of fused-ring (bicyclic) bond motifs is 1. The number of benzene rings is 2. The van der Waals surface area contributed by atoms with Crippen LogP contribution in [0.25, 0.3) is 0 Å². The Balaban J connectivity index is 2.16. The summed E-state index contributed by atoms with van der Waals surface area (Å²) in [4.78, 5) is 15.8. The first-order chi connectivity index (χ1) is 9.75. The molecule has 0 aromatic heterocycles. The summed E-state index contributed by atoms with van der Waals surface area (Å²) >= 11 is 0. The van der Waals surface area contributed by atoms with Crippen LogP contribution in [0.1, 0.15) is 21.5 Å². The van der Waals surface area contributed by atoms with E-state index >= 15 is 0 Å². The van der Waals surface area contributed by atoms with Gasteiger partial charge in [-0.15, -0.1) is 0 Å². The number of carbonyl (C=O) groups is 1. The number of benzodiazepines with no additional fused rings is 1. The van der Waals surface area contributed by atoms with Gasteiger partial charge in [0.2, 0.25) is 0 Å². The number of hydrogen-bond acceptors (Lipinski definition) is 3. The number of rotatable bonds is 2. The van der Waals surface area contributed by atoms with Gasteiger partial charge >= 0.3 is 5.97 Å². The van der Waals surface area contributed by atoms with Crippen molar-refractivity contribution in [1.82, 2.24) is 0 Å². The Morgan fingerprint density at radius 2 is 1.95 bits per heavy atom. The molecular formula is C16H14N2O2. The molecule has 0 unspecified atom stereocenters. The highest BCUT2D eigenvalue weighted by molar-refractivity contribution is 6.17. The number of carboxylic acid groups (broad SMARTS) is 1. The first-order valence-corrected chi connectivity index (χ1v) is 6.47. The highest BCUT2D eigenvalue weighted by Crippen LogP contribution is 2.23. The van der Waals surface area contributed by atoms with Crippen LogP contribution in [0.4, 0.5) is 5.69 Å². The molecular weight excluding hydrogens is 252 g/mol. The minimum absolute atomic E-state index is 0.274. The Labute approximate surface area is 116 Å². The highest BCUT2D eigenvalue weighted by Gasteiger charge is 2.16. The van der Waals surface area contributed by atoms with Crippen LogP contribution >= 0.6 is 0 Å². The van der Waals surface area contributed by atoms with E-state index in [9.17, 15) is 4.79 Å². The van der Waals surface area contributed by atoms with Gasteiger partial charge in [0, 0.05) is 23.4 Å². The molecule has 0 radical (unpaired) electrons. The highest BCUT2D eigenvalue weighted by atomic mass is 16.4. The lowest BCUT2D eigenvalue weighted by Crippen LogP contribution is -2.08. The molecule has 0 aliphatic carbocycles. The molecule has 0 atom stereocenters. The summed E-state index contributed by atoms with van der Waals surface area (Å²) in [5.41, 5.74) is 3.88. The molecule has 1 aliphatic heterocycles. The molecule has 3 rings (SSSR count). The summed E-state index contributed by atoms with van der Waals surface area (Å²) < 4.78 is 0. The molecule has 4 heteroatoms. The first-order valence-electron chi connectivity index (χ1n) is 6.47. The quantitative estimate of drug-likeness (QED) is 0.878. The lowest BCUT2D eigenvalue weighted by Gasteiger charge is -2.11. The summed E-state index contributed by atoms with van der Waals surface area (Å²) in [5, 5.41) is 12.4. The van der Waals surface area contributed by atoms with Crippen molar-refractivity contribution >= 4 is 17.4 Å². The molecule has 2 aromatic rings. The summed E-state index contributed by atoms with van der Waals surface area (Å²) in [7, 11) is 0. The first kappa shape index (κ1) is 12.4. The van der Waals surface area contributed by atoms with Crippen LogP contribution in [0.3, 0.4) is 0 Å². The Morgan fingerprint density at radius 1 is 1.15 bits per heavy atom. The van der Waals surface area contributed by atoms with Crippen molar-refractivity contribution in [3.8, 4) is 0 Å². The summed E-state index contributed by atoms with van der Waals surface area (Å²) in [6, 6.07) is 14.9. The molecule has 0 saturated heterocycles. The smallest absolute Gasteiger partial charge is 0.335 e. The molecule has 2 N–H and O–H groups in total. The summed E-state index contributed by atoms with van der Waals surface area (Å²) in [5.74, 6) is -0.926. The monoisotopic (exact) mass is 266 g/mol. The van der Waals surface area contributed by atoms with Crippen LogP contribution in [0.15, 0.2) is 53.5 Å². The van der Waals surface area contributed by atoms with E-state index in [-0.39, 0.29) is 5.56 Å². The Morgan fingerprint density at radius 3 is 2.70 bits per heavy atom. The van der Waals surface area contributed by atoms with E-state index in [2.05, 4.69) is 10.3 Å². The minimum Gasteiger partial charge on any atom is -0.478 e. The molecule has 0 spiro atoms. The second-order valence-corrected chi connectivity index (χ2v) is 4.59. The molecule has 0 fully saturated rings. The Bertz CT molecular complexity index is 678. The average Bonchev–Trinajstić information content (AvgIpc) is 2.69. The Kier molecular flexibility index (Phi) is 3.21. The average molecular weight is 266 g/mol. The molecule has 1 heterocycles. The third-order valence-electron chi connectivity index (χ3n) is 3.27. The predicted octanol–water partition coefficient (Wildman–Crippen LogP) is 2.65. The molecule has 1 aliphatic rings. The van der Waals surface area contributed by atoms with Crippen molar-refractivity contribution in [3.05, 3.63) is 65.2 Å². The van der Waals surface area contributed by atoms with E-state index in [1.54, 1.807) is 12.1 Å². The zero-order chi connectivity index (χ0) is 13.9. The van der Waals surface area contributed by atoms with Gasteiger partial charge < -0.3 is 10.4 Å². The number of nitrogens with zero attached hydrogens (tertiary/aromatic N) is 1. The maximum atomic E-state index is 11.2. The largest absolute Gasteiger partial charge is 0.478 e. The minimum atomic E-state index is -0.926. The van der Waals surface area contributed by atoms with E-state index in [0.717, 1.165) is 29.1 Å². The fourth-order valence-corrected chi connectivity index (χ4v) is 2.31. The van der Waals surface area contributed by atoms with Crippen molar-refractivity contribution in [2.45, 2.75) is 0 Å². The molecule has 4 nitrogen and oxygen atoms in total. The number of aromatic carboxylic acids is 1. The number of carboxylic acids is 1. The maximum absolute atomic E-state index is 11.2. The van der Waals surface area contributed by atoms with Crippen molar-refractivity contribution in [3.63, 3.8) is 0 Å². The van der Waals surface area contributed by atoms with Gasteiger partial charge in [-0.25, -0.2) is 4.79 Å². The van der Waals surface area contributed by atoms with E-state index in [0.29, 0.717) is 6.54 Å². The standard InChI is InChI=1S/C16H14N2O2/c19-16(20)12-6-7-14-13(10-12)15(18-9-8-17-14)11-4-2-1-3-5-11/h1-7,10,17H,8-9H2,(H,19,20). The van der Waals surface area contributed by atoms with Crippen LogP contribution < -0.4 is 5.32 Å². The molecule has 0 bridgehead atoms. The molecule has 0 saturated carbocycles. The van der Waals surface area contributed by atoms with Gasteiger partial charge in [-0.1, -0.05) is 30.3 Å². The lowest BCUT2D eigenvalue weighted by molar-refractivity contribution is 0.0697. The molecule has 2 aromatic carbocycles. The lowest BCUT2D eigenvalue weighted by atomic mass is 9.98. The third-order valence-corrected chi connectivity index (χ3v) is 3.27. The second-order valence-electron chi connectivity index (χ2n) is 4.59. The summed E-state index contributed by atoms with van der Waals surface area (Å²) in [6.45, 7) is 1.41. The van der Waals surface area contributed by atoms with Crippen LogP contribution in [0.2, 0.25) is 0 Å². The van der Waals surface area contributed by atoms with Crippen molar-refractivity contribution < 1.29 is 9.90 Å². The zero-order valence-electron chi connectivity index (χ0n) is 10.8.